The van der Waals surface area contributed by atoms with Gasteiger partial charge in [0.15, 0.2) is 6.79 Å². The van der Waals surface area contributed by atoms with Gasteiger partial charge in [-0.25, -0.2) is 0 Å². The lowest BCUT2D eigenvalue weighted by atomic mass is 10.2. The molecule has 1 rings (SSSR count). The number of hydrogen-bond donors (Lipinski definition) is 0. The summed E-state index contributed by atoms with van der Waals surface area (Å²) in [6.45, 7) is 21.2. The molecule has 0 bridgehead atoms. The molecular weight excluding hydrogens is 507 g/mol. The molecule has 0 N–H and O–H groups in total. The van der Waals surface area contributed by atoms with Crippen LogP contribution >= 0.6 is 39.1 Å². The molecule has 0 aliphatic rings. The first-order valence-electron chi connectivity index (χ1n) is 10.0. The maximum absolute atomic E-state index is 5.53. The fourth-order valence-electron chi connectivity index (χ4n) is 1.78. The van der Waals surface area contributed by atoms with E-state index in [1.54, 1.807) is 0 Å². The summed E-state index contributed by atoms with van der Waals surface area (Å²) in [5.41, 5.74) is 1.17. The first kappa shape index (κ1) is 31.6. The fraction of sp³-hybridized carbons (Fsp3) is 0.714. The average Bonchev–Trinajstić information content (AvgIpc) is 2.57. The number of aryl methyl sites for hydroxylation is 1. The summed E-state index contributed by atoms with van der Waals surface area (Å²) >= 11 is 13.0. The number of alkyl halides is 2. The summed E-state index contributed by atoms with van der Waals surface area (Å²) in [5.74, 6) is 0.860. The van der Waals surface area contributed by atoms with Gasteiger partial charge in [0, 0.05) is 40.4 Å². The van der Waals surface area contributed by atoms with Crippen molar-refractivity contribution in [3.05, 3.63) is 28.2 Å². The van der Waals surface area contributed by atoms with Gasteiger partial charge >= 0.3 is 0 Å². The molecule has 1 aromatic carbocycles. The van der Waals surface area contributed by atoms with Crippen molar-refractivity contribution >= 4 is 55.3 Å². The number of rotatable bonds is 10. The van der Waals surface area contributed by atoms with Gasteiger partial charge in [0.2, 0.25) is 0 Å². The molecule has 172 valence electrons. The summed E-state index contributed by atoms with van der Waals surface area (Å²) in [6, 6.07) is 8.41. The molecule has 0 atom stereocenters. The molecule has 0 amide bonds. The van der Waals surface area contributed by atoms with Crippen molar-refractivity contribution in [3.8, 4) is 5.75 Å². The van der Waals surface area contributed by atoms with Crippen molar-refractivity contribution in [2.45, 2.75) is 65.2 Å². The van der Waals surface area contributed by atoms with Crippen molar-refractivity contribution in [1.82, 2.24) is 0 Å². The molecule has 0 spiro atoms. The van der Waals surface area contributed by atoms with Crippen LogP contribution in [0.1, 0.15) is 12.5 Å². The monoisotopic (exact) mass is 546 g/mol. The number of ether oxygens (including phenoxy) is 3. The van der Waals surface area contributed by atoms with Gasteiger partial charge in [0.1, 0.15) is 5.75 Å². The Balaban J connectivity index is 0. The molecule has 0 aliphatic carbocycles. The molecule has 0 aromatic heterocycles. The van der Waals surface area contributed by atoms with Crippen molar-refractivity contribution in [3.63, 3.8) is 0 Å². The van der Waals surface area contributed by atoms with E-state index in [9.17, 15) is 0 Å². The predicted octanol–water partition coefficient (Wildman–Crippen LogP) is 8.23. The summed E-state index contributed by atoms with van der Waals surface area (Å²) in [7, 11) is -1.81. The third kappa shape index (κ3) is 24.6. The fourth-order valence-corrected chi connectivity index (χ4v) is 3.54. The maximum atomic E-state index is 5.53. The van der Waals surface area contributed by atoms with Gasteiger partial charge in [0.25, 0.3) is 0 Å². The zero-order valence-corrected chi connectivity index (χ0v) is 24.6. The minimum atomic E-state index is -0.990. The molecule has 0 fully saturated rings. The Labute approximate surface area is 199 Å². The second kappa shape index (κ2) is 18.0. The second-order valence-electron chi connectivity index (χ2n) is 9.00. The smallest absolute Gasteiger partial charge is 0.189 e. The van der Waals surface area contributed by atoms with Crippen LogP contribution in [0.5, 0.6) is 5.75 Å². The Hall–Kier alpha value is 0.434. The first-order chi connectivity index (χ1) is 13.4. The lowest BCUT2D eigenvalue weighted by Crippen LogP contribution is -2.22. The van der Waals surface area contributed by atoms with Crippen LogP contribution in [0.15, 0.2) is 22.7 Å². The van der Waals surface area contributed by atoms with Crippen LogP contribution in [0, 0.1) is 6.92 Å². The molecule has 29 heavy (non-hydrogen) atoms. The van der Waals surface area contributed by atoms with Crippen LogP contribution in [0.2, 0.25) is 51.4 Å². The largest absolute Gasteiger partial charge is 0.468 e. The third-order valence-corrected chi connectivity index (χ3v) is 7.93. The van der Waals surface area contributed by atoms with E-state index < -0.39 is 16.1 Å². The predicted molar refractivity (Wildman–Crippen MR) is 140 cm³/mol. The van der Waals surface area contributed by atoms with Crippen molar-refractivity contribution in [1.29, 1.82) is 0 Å². The number of halogens is 3. The zero-order chi connectivity index (χ0) is 22.9. The number of hydrogen-bond acceptors (Lipinski definition) is 3. The number of benzene rings is 1. The van der Waals surface area contributed by atoms with E-state index in [-0.39, 0.29) is 5.34 Å². The minimum absolute atomic E-state index is 0.194. The van der Waals surface area contributed by atoms with Crippen LogP contribution in [-0.2, 0) is 9.47 Å². The maximum Gasteiger partial charge on any atom is 0.189 e. The summed E-state index contributed by atoms with van der Waals surface area (Å²) in [5, 5.41) is 0.194. The van der Waals surface area contributed by atoms with Gasteiger partial charge in [0.05, 0.1) is 5.34 Å². The molecular formula is C21H41BrCl2O3Si2. The Morgan fingerprint density at radius 3 is 1.79 bits per heavy atom. The van der Waals surface area contributed by atoms with Gasteiger partial charge in [-0.2, -0.15) is 0 Å². The first-order valence-corrected chi connectivity index (χ1v) is 19.3. The Morgan fingerprint density at radius 2 is 1.38 bits per heavy atom. The molecule has 0 radical (unpaired) electrons. The summed E-state index contributed by atoms with van der Waals surface area (Å²) < 4.78 is 17.4. The van der Waals surface area contributed by atoms with Crippen LogP contribution in [-0.4, -0.2) is 48.1 Å². The second-order valence-corrected chi connectivity index (χ2v) is 21.9. The molecule has 0 unspecified atom stereocenters. The standard InChI is InChI=1S/C13H21BrO2Si.C7H18OSi.CH2Cl2/c1-11-9-12(5-6-13(11)14)16-10-15-7-8-17(2,3)4;1-5-8-6-7-9(2,3)4;2-1-3/h5-6,9H,7-8,10H2,1-4H3;5-7H2,1-4H3;1H2. The van der Waals surface area contributed by atoms with Gasteiger partial charge in [-0.15, -0.1) is 23.2 Å². The van der Waals surface area contributed by atoms with Crippen LogP contribution in [0.3, 0.4) is 0 Å². The quantitative estimate of drug-likeness (QED) is 0.128. The Kier molecular flexibility index (Phi) is 19.7. The van der Waals surface area contributed by atoms with E-state index in [0.29, 0.717) is 6.79 Å². The Morgan fingerprint density at radius 1 is 0.897 bits per heavy atom. The van der Waals surface area contributed by atoms with Gasteiger partial charge in [-0.1, -0.05) is 55.2 Å². The molecule has 1 aromatic rings. The highest BCUT2D eigenvalue weighted by molar-refractivity contribution is 9.10. The van der Waals surface area contributed by atoms with Crippen molar-refractivity contribution < 1.29 is 14.2 Å². The van der Waals surface area contributed by atoms with E-state index in [1.807, 2.05) is 32.0 Å². The highest BCUT2D eigenvalue weighted by Crippen LogP contribution is 2.21. The molecule has 8 heteroatoms. The van der Waals surface area contributed by atoms with Gasteiger partial charge < -0.3 is 14.2 Å². The highest BCUT2D eigenvalue weighted by Gasteiger charge is 2.12. The average molecular weight is 549 g/mol. The van der Waals surface area contributed by atoms with Gasteiger partial charge in [-0.05, 0) is 49.7 Å². The van der Waals surface area contributed by atoms with E-state index in [4.69, 9.17) is 37.4 Å². The lowest BCUT2D eigenvalue weighted by molar-refractivity contribution is 0.0220. The highest BCUT2D eigenvalue weighted by atomic mass is 79.9. The lowest BCUT2D eigenvalue weighted by Gasteiger charge is -2.15. The van der Waals surface area contributed by atoms with Crippen molar-refractivity contribution in [2.24, 2.45) is 0 Å². The van der Waals surface area contributed by atoms with Crippen LogP contribution in [0.4, 0.5) is 0 Å². The molecule has 3 nitrogen and oxygen atoms in total. The molecule has 0 saturated carbocycles. The minimum Gasteiger partial charge on any atom is -0.468 e. The van der Waals surface area contributed by atoms with Crippen LogP contribution in [0.25, 0.3) is 0 Å². The molecule has 0 aliphatic heterocycles. The summed E-state index contributed by atoms with van der Waals surface area (Å²) in [6.07, 6.45) is 0. The van der Waals surface area contributed by atoms with Gasteiger partial charge in [-0.3, -0.25) is 0 Å². The van der Waals surface area contributed by atoms with Crippen molar-refractivity contribution in [2.75, 3.05) is 32.0 Å². The SMILES string of the molecule is CCOCC[Si](C)(C)C.Cc1cc(OCOCC[Si](C)(C)C)ccc1Br.ClCCl. The van der Waals surface area contributed by atoms with E-state index in [2.05, 4.69) is 55.2 Å². The van der Waals surface area contributed by atoms with Crippen LogP contribution < -0.4 is 4.74 Å². The van der Waals surface area contributed by atoms with E-state index >= 15 is 0 Å². The zero-order valence-electron chi connectivity index (χ0n) is 19.5. The van der Waals surface area contributed by atoms with E-state index in [1.165, 1.54) is 17.7 Å². The normalized spacial score (nSPS) is 11.1. The molecule has 0 saturated heterocycles. The molecule has 0 heterocycles. The Bertz CT molecular complexity index is 522. The summed E-state index contributed by atoms with van der Waals surface area (Å²) in [4.78, 5) is 0. The van der Waals surface area contributed by atoms with E-state index in [0.717, 1.165) is 30.0 Å². The topological polar surface area (TPSA) is 27.7 Å². The third-order valence-electron chi connectivity index (χ3n) is 3.64.